The Morgan fingerprint density at radius 1 is 1.33 bits per heavy atom. The number of halogens is 1. The van der Waals surface area contributed by atoms with Gasteiger partial charge < -0.3 is 10.4 Å². The van der Waals surface area contributed by atoms with Crippen molar-refractivity contribution in [3.05, 3.63) is 47.0 Å². The molecule has 2 rings (SSSR count). The van der Waals surface area contributed by atoms with Gasteiger partial charge in [-0.3, -0.25) is 4.79 Å². The molecule has 0 radical (unpaired) electrons. The number of allylic oxidation sites excluding steroid dienone is 2. The Morgan fingerprint density at radius 3 is 2.50 bits per heavy atom. The van der Waals surface area contributed by atoms with Crippen molar-refractivity contribution in [1.82, 2.24) is 5.32 Å². The molecule has 18 heavy (non-hydrogen) atoms. The van der Waals surface area contributed by atoms with Gasteiger partial charge in [0.25, 0.3) is 0 Å². The molecule has 2 N–H and O–H groups in total. The SMILES string of the molecule is O=C(NC(CO)c1ccc(Cl)cc1)C1CC=CC1. The van der Waals surface area contributed by atoms with Crippen LogP contribution in [0.1, 0.15) is 24.4 Å². The first-order valence-electron chi connectivity index (χ1n) is 6.02. The molecule has 0 aromatic heterocycles. The van der Waals surface area contributed by atoms with Gasteiger partial charge in [0.2, 0.25) is 5.91 Å². The summed E-state index contributed by atoms with van der Waals surface area (Å²) in [5.74, 6) is 0.000324. The summed E-state index contributed by atoms with van der Waals surface area (Å²) < 4.78 is 0. The first-order chi connectivity index (χ1) is 8.70. The highest BCUT2D eigenvalue weighted by atomic mass is 35.5. The predicted molar refractivity (Wildman–Crippen MR) is 71.3 cm³/mol. The maximum Gasteiger partial charge on any atom is 0.224 e. The van der Waals surface area contributed by atoms with E-state index in [0.717, 1.165) is 18.4 Å². The molecule has 0 saturated heterocycles. The van der Waals surface area contributed by atoms with Crippen LogP contribution in [0.4, 0.5) is 0 Å². The Hall–Kier alpha value is -1.32. The summed E-state index contributed by atoms with van der Waals surface area (Å²) in [6.07, 6.45) is 5.59. The molecule has 1 aromatic carbocycles. The number of hydrogen-bond donors (Lipinski definition) is 2. The van der Waals surface area contributed by atoms with Gasteiger partial charge in [-0.1, -0.05) is 35.9 Å². The second-order valence-corrected chi connectivity index (χ2v) is 4.87. The van der Waals surface area contributed by atoms with Crippen molar-refractivity contribution < 1.29 is 9.90 Å². The fraction of sp³-hybridized carbons (Fsp3) is 0.357. The molecule has 0 bridgehead atoms. The Kier molecular flexibility index (Phi) is 4.39. The number of carbonyl (C=O) groups excluding carboxylic acids is 1. The van der Waals surface area contributed by atoms with Crippen molar-refractivity contribution in [2.75, 3.05) is 6.61 Å². The predicted octanol–water partition coefficient (Wildman–Crippen LogP) is 2.46. The summed E-state index contributed by atoms with van der Waals surface area (Å²) >= 11 is 5.81. The third kappa shape index (κ3) is 3.12. The summed E-state index contributed by atoms with van der Waals surface area (Å²) in [5.41, 5.74) is 0.862. The Labute approximate surface area is 111 Å². The molecule has 0 saturated carbocycles. The summed E-state index contributed by atoms with van der Waals surface area (Å²) in [7, 11) is 0. The molecule has 1 atom stereocenters. The Balaban J connectivity index is 2.00. The van der Waals surface area contributed by atoms with E-state index in [0.29, 0.717) is 5.02 Å². The van der Waals surface area contributed by atoms with Gasteiger partial charge >= 0.3 is 0 Å². The van der Waals surface area contributed by atoms with E-state index in [4.69, 9.17) is 11.6 Å². The highest BCUT2D eigenvalue weighted by Crippen LogP contribution is 2.21. The molecule has 1 aliphatic rings. The van der Waals surface area contributed by atoms with E-state index in [9.17, 15) is 9.90 Å². The van der Waals surface area contributed by atoms with Gasteiger partial charge in [-0.15, -0.1) is 0 Å². The van der Waals surface area contributed by atoms with Gasteiger partial charge in [-0.25, -0.2) is 0 Å². The summed E-state index contributed by atoms with van der Waals surface area (Å²) in [6, 6.07) is 6.77. The largest absolute Gasteiger partial charge is 0.394 e. The lowest BCUT2D eigenvalue weighted by molar-refractivity contribution is -0.125. The maximum atomic E-state index is 12.0. The van der Waals surface area contributed by atoms with Crippen molar-refractivity contribution in [2.45, 2.75) is 18.9 Å². The lowest BCUT2D eigenvalue weighted by Crippen LogP contribution is -2.34. The van der Waals surface area contributed by atoms with E-state index in [-0.39, 0.29) is 24.5 Å². The minimum absolute atomic E-state index is 0.00556. The van der Waals surface area contributed by atoms with Gasteiger partial charge in [-0.2, -0.15) is 0 Å². The summed E-state index contributed by atoms with van der Waals surface area (Å²) in [6.45, 7) is -0.118. The fourth-order valence-corrected chi connectivity index (χ4v) is 2.18. The van der Waals surface area contributed by atoms with Crippen LogP contribution in [0.15, 0.2) is 36.4 Å². The second-order valence-electron chi connectivity index (χ2n) is 4.44. The van der Waals surface area contributed by atoms with Gasteiger partial charge in [0.1, 0.15) is 0 Å². The van der Waals surface area contributed by atoms with E-state index in [1.54, 1.807) is 12.1 Å². The molecular formula is C14H16ClNO2. The molecular weight excluding hydrogens is 250 g/mol. The van der Waals surface area contributed by atoms with Crippen molar-refractivity contribution in [2.24, 2.45) is 5.92 Å². The second kappa shape index (κ2) is 6.03. The normalized spacial score (nSPS) is 16.8. The Morgan fingerprint density at radius 2 is 1.94 bits per heavy atom. The van der Waals surface area contributed by atoms with Crippen LogP contribution >= 0.6 is 11.6 Å². The van der Waals surface area contributed by atoms with Crippen LogP contribution in [0.2, 0.25) is 5.02 Å². The monoisotopic (exact) mass is 265 g/mol. The molecule has 1 aromatic rings. The first kappa shape index (κ1) is 13.1. The van der Waals surface area contributed by atoms with E-state index >= 15 is 0 Å². The van der Waals surface area contributed by atoms with E-state index in [2.05, 4.69) is 5.32 Å². The highest BCUT2D eigenvalue weighted by Gasteiger charge is 2.22. The van der Waals surface area contributed by atoms with E-state index < -0.39 is 0 Å². The van der Waals surface area contributed by atoms with Crippen molar-refractivity contribution in [1.29, 1.82) is 0 Å². The number of hydrogen-bond acceptors (Lipinski definition) is 2. The van der Waals surface area contributed by atoms with Crippen LogP contribution < -0.4 is 5.32 Å². The van der Waals surface area contributed by atoms with Gasteiger partial charge in [0.15, 0.2) is 0 Å². The highest BCUT2D eigenvalue weighted by molar-refractivity contribution is 6.30. The van der Waals surface area contributed by atoms with Crippen LogP contribution in [0.25, 0.3) is 0 Å². The smallest absolute Gasteiger partial charge is 0.224 e. The Bertz CT molecular complexity index is 434. The topological polar surface area (TPSA) is 49.3 Å². The molecule has 4 heteroatoms. The molecule has 0 aliphatic heterocycles. The van der Waals surface area contributed by atoms with Crippen LogP contribution in [0, 0.1) is 5.92 Å². The quantitative estimate of drug-likeness (QED) is 0.822. The minimum Gasteiger partial charge on any atom is -0.394 e. The molecule has 96 valence electrons. The first-order valence-corrected chi connectivity index (χ1v) is 6.40. The fourth-order valence-electron chi connectivity index (χ4n) is 2.05. The summed E-state index contributed by atoms with van der Waals surface area (Å²) in [5, 5.41) is 12.9. The molecule has 1 unspecified atom stereocenters. The van der Waals surface area contributed by atoms with Crippen LogP contribution in [-0.4, -0.2) is 17.6 Å². The average molecular weight is 266 g/mol. The number of rotatable bonds is 4. The third-order valence-corrected chi connectivity index (χ3v) is 3.40. The molecule has 3 nitrogen and oxygen atoms in total. The minimum atomic E-state index is -0.365. The third-order valence-electron chi connectivity index (χ3n) is 3.15. The molecule has 0 fully saturated rings. The molecule has 0 spiro atoms. The van der Waals surface area contributed by atoms with Gasteiger partial charge in [0.05, 0.1) is 12.6 Å². The van der Waals surface area contributed by atoms with Gasteiger partial charge in [0, 0.05) is 10.9 Å². The number of aliphatic hydroxyl groups excluding tert-OH is 1. The number of aliphatic hydroxyl groups is 1. The lowest BCUT2D eigenvalue weighted by Gasteiger charge is -2.19. The zero-order valence-corrected chi connectivity index (χ0v) is 10.7. The van der Waals surface area contributed by atoms with Crippen LogP contribution in [0.3, 0.4) is 0 Å². The zero-order chi connectivity index (χ0) is 13.0. The number of nitrogens with one attached hydrogen (secondary N) is 1. The van der Waals surface area contributed by atoms with Crippen LogP contribution in [0.5, 0.6) is 0 Å². The molecule has 1 amide bonds. The van der Waals surface area contributed by atoms with Crippen molar-refractivity contribution in [3.63, 3.8) is 0 Å². The number of carbonyl (C=O) groups is 1. The standard InChI is InChI=1S/C14H16ClNO2/c15-12-7-5-10(6-8-12)13(9-17)16-14(18)11-3-1-2-4-11/h1-2,5-8,11,13,17H,3-4,9H2,(H,16,18). The number of benzene rings is 1. The lowest BCUT2D eigenvalue weighted by atomic mass is 10.0. The number of amides is 1. The maximum absolute atomic E-state index is 12.0. The van der Waals surface area contributed by atoms with Gasteiger partial charge in [-0.05, 0) is 30.5 Å². The van der Waals surface area contributed by atoms with Crippen LogP contribution in [-0.2, 0) is 4.79 Å². The van der Waals surface area contributed by atoms with Crippen molar-refractivity contribution in [3.8, 4) is 0 Å². The van der Waals surface area contributed by atoms with E-state index in [1.165, 1.54) is 0 Å². The molecule has 0 heterocycles. The molecule has 1 aliphatic carbocycles. The average Bonchev–Trinajstić information content (AvgIpc) is 2.91. The van der Waals surface area contributed by atoms with E-state index in [1.807, 2.05) is 24.3 Å². The summed E-state index contributed by atoms with van der Waals surface area (Å²) in [4.78, 5) is 12.0. The zero-order valence-electron chi connectivity index (χ0n) is 9.97. The van der Waals surface area contributed by atoms with Crippen molar-refractivity contribution >= 4 is 17.5 Å².